The molecule has 0 unspecified atom stereocenters. The summed E-state index contributed by atoms with van der Waals surface area (Å²) < 4.78 is 16.3. The molecule has 25 heavy (non-hydrogen) atoms. The molecule has 3 aromatic rings. The lowest BCUT2D eigenvalue weighted by molar-refractivity contribution is -0.113. The second kappa shape index (κ2) is 7.99. The molecule has 130 valence electrons. The molecule has 1 amide bonds. The van der Waals surface area contributed by atoms with Gasteiger partial charge in [0.2, 0.25) is 5.91 Å². The van der Waals surface area contributed by atoms with E-state index in [1.54, 1.807) is 44.0 Å². The van der Waals surface area contributed by atoms with Gasteiger partial charge in [0.1, 0.15) is 17.1 Å². The van der Waals surface area contributed by atoms with Crippen LogP contribution in [0.5, 0.6) is 11.5 Å². The van der Waals surface area contributed by atoms with E-state index >= 15 is 0 Å². The van der Waals surface area contributed by atoms with Crippen LogP contribution in [0.3, 0.4) is 0 Å². The number of hydrogen-bond donors (Lipinski definition) is 1. The molecule has 2 aromatic heterocycles. The van der Waals surface area contributed by atoms with E-state index in [1.165, 1.54) is 11.3 Å². The zero-order valence-electron chi connectivity index (χ0n) is 13.4. The number of amides is 1. The molecule has 3 rings (SSSR count). The Kier molecular flexibility index (Phi) is 5.51. The van der Waals surface area contributed by atoms with Crippen molar-refractivity contribution in [1.29, 1.82) is 0 Å². The summed E-state index contributed by atoms with van der Waals surface area (Å²) in [6, 6.07) is 5.35. The van der Waals surface area contributed by atoms with Crippen LogP contribution in [0.25, 0.3) is 11.5 Å². The van der Waals surface area contributed by atoms with Gasteiger partial charge in [-0.05, 0) is 12.1 Å². The molecule has 0 radical (unpaired) electrons. The molecule has 0 spiro atoms. The molecule has 10 heteroatoms. The second-order valence-corrected chi connectivity index (χ2v) is 6.41. The Morgan fingerprint density at radius 2 is 2.04 bits per heavy atom. The van der Waals surface area contributed by atoms with E-state index in [4.69, 9.17) is 13.9 Å². The van der Waals surface area contributed by atoms with Gasteiger partial charge in [-0.15, -0.1) is 21.5 Å². The molecule has 1 aromatic carbocycles. The summed E-state index contributed by atoms with van der Waals surface area (Å²) in [5.74, 6) is 1.30. The standard InChI is InChI=1S/C15H14N4O4S2/c1-21-9-4-3-5-10(22-2)12(9)13-18-19-15(23-13)25-8-11(20)17-14-16-6-7-24-14/h3-7H,8H2,1-2H3,(H,16,17,20). The number of nitrogens with zero attached hydrogens (tertiary/aromatic N) is 3. The quantitative estimate of drug-likeness (QED) is 0.627. The molecule has 0 atom stereocenters. The van der Waals surface area contributed by atoms with Gasteiger partial charge in [-0.25, -0.2) is 4.98 Å². The maximum absolute atomic E-state index is 11.9. The molecule has 0 fully saturated rings. The summed E-state index contributed by atoms with van der Waals surface area (Å²) in [5.41, 5.74) is 0.569. The molecule has 0 aliphatic carbocycles. The predicted molar refractivity (Wildman–Crippen MR) is 94.3 cm³/mol. The molecule has 0 bridgehead atoms. The molecule has 0 saturated heterocycles. The van der Waals surface area contributed by atoms with E-state index in [-0.39, 0.29) is 22.8 Å². The van der Waals surface area contributed by atoms with Crippen molar-refractivity contribution in [1.82, 2.24) is 15.2 Å². The zero-order valence-corrected chi connectivity index (χ0v) is 15.0. The molecule has 0 aliphatic rings. The fourth-order valence-corrected chi connectivity index (χ4v) is 3.11. The fourth-order valence-electron chi connectivity index (χ4n) is 2.00. The van der Waals surface area contributed by atoms with Gasteiger partial charge < -0.3 is 19.2 Å². The molecule has 1 N–H and O–H groups in total. The maximum Gasteiger partial charge on any atom is 0.277 e. The monoisotopic (exact) mass is 378 g/mol. The summed E-state index contributed by atoms with van der Waals surface area (Å²) in [6.07, 6.45) is 1.62. The van der Waals surface area contributed by atoms with Crippen molar-refractivity contribution >= 4 is 34.1 Å². The van der Waals surface area contributed by atoms with Crippen molar-refractivity contribution in [2.75, 3.05) is 25.3 Å². The SMILES string of the molecule is COc1cccc(OC)c1-c1nnc(SCC(=O)Nc2nccs2)o1. The largest absolute Gasteiger partial charge is 0.496 e. The van der Waals surface area contributed by atoms with Gasteiger partial charge in [0.15, 0.2) is 5.13 Å². The molecular formula is C15H14N4O4S2. The summed E-state index contributed by atoms with van der Waals surface area (Å²) in [6.45, 7) is 0. The number of rotatable bonds is 7. The highest BCUT2D eigenvalue weighted by Crippen LogP contribution is 2.38. The number of aromatic nitrogens is 3. The van der Waals surface area contributed by atoms with E-state index in [2.05, 4.69) is 20.5 Å². The molecule has 2 heterocycles. The Hall–Kier alpha value is -2.59. The second-order valence-electron chi connectivity index (χ2n) is 4.58. The summed E-state index contributed by atoms with van der Waals surface area (Å²) in [4.78, 5) is 15.9. The van der Waals surface area contributed by atoms with Crippen molar-refractivity contribution < 1.29 is 18.7 Å². The number of methoxy groups -OCH3 is 2. The Morgan fingerprint density at radius 3 is 2.68 bits per heavy atom. The van der Waals surface area contributed by atoms with E-state index in [0.717, 1.165) is 11.8 Å². The van der Waals surface area contributed by atoms with Gasteiger partial charge in [0.25, 0.3) is 11.1 Å². The van der Waals surface area contributed by atoms with Crippen LogP contribution >= 0.6 is 23.1 Å². The number of hydrogen-bond acceptors (Lipinski definition) is 9. The maximum atomic E-state index is 11.9. The van der Waals surface area contributed by atoms with Gasteiger partial charge in [-0.2, -0.15) is 0 Å². The van der Waals surface area contributed by atoms with Gasteiger partial charge in [0.05, 0.1) is 20.0 Å². The molecule has 8 nitrogen and oxygen atoms in total. The Bertz CT molecular complexity index is 829. The average molecular weight is 378 g/mol. The van der Waals surface area contributed by atoms with E-state index in [0.29, 0.717) is 22.2 Å². The topological polar surface area (TPSA) is 99.4 Å². The molecule has 0 saturated carbocycles. The number of thioether (sulfide) groups is 1. The van der Waals surface area contributed by atoms with Crippen molar-refractivity contribution in [3.63, 3.8) is 0 Å². The average Bonchev–Trinajstić information content (AvgIpc) is 3.31. The summed E-state index contributed by atoms with van der Waals surface area (Å²) in [7, 11) is 3.10. The minimum Gasteiger partial charge on any atom is -0.496 e. The van der Waals surface area contributed by atoms with Crippen LogP contribution in [0.1, 0.15) is 0 Å². The Morgan fingerprint density at radius 1 is 1.28 bits per heavy atom. The van der Waals surface area contributed by atoms with Crippen LogP contribution in [0.15, 0.2) is 39.4 Å². The van der Waals surface area contributed by atoms with Crippen molar-refractivity contribution in [2.24, 2.45) is 0 Å². The normalized spacial score (nSPS) is 10.5. The number of thiazole rings is 1. The Labute approximate surface area is 151 Å². The van der Waals surface area contributed by atoms with Crippen molar-refractivity contribution in [3.8, 4) is 23.0 Å². The Balaban J connectivity index is 1.70. The number of anilines is 1. The van der Waals surface area contributed by atoms with Crippen molar-refractivity contribution in [3.05, 3.63) is 29.8 Å². The number of nitrogens with one attached hydrogen (secondary N) is 1. The zero-order chi connectivity index (χ0) is 17.6. The number of ether oxygens (including phenoxy) is 2. The van der Waals surface area contributed by atoms with Gasteiger partial charge in [0, 0.05) is 11.6 Å². The summed E-state index contributed by atoms with van der Waals surface area (Å²) >= 11 is 2.49. The highest BCUT2D eigenvalue weighted by molar-refractivity contribution is 7.99. The minimum atomic E-state index is -0.199. The van der Waals surface area contributed by atoms with Crippen LogP contribution < -0.4 is 14.8 Å². The number of benzene rings is 1. The number of carbonyl (C=O) groups excluding carboxylic acids is 1. The highest BCUT2D eigenvalue weighted by Gasteiger charge is 2.19. The first-order valence-corrected chi connectivity index (χ1v) is 8.94. The lowest BCUT2D eigenvalue weighted by atomic mass is 10.2. The predicted octanol–water partition coefficient (Wildman–Crippen LogP) is 2.94. The van der Waals surface area contributed by atoms with Crippen LogP contribution in [0.4, 0.5) is 5.13 Å². The summed E-state index contributed by atoms with van der Waals surface area (Å²) in [5, 5.41) is 13.3. The van der Waals surface area contributed by atoms with E-state index < -0.39 is 0 Å². The first kappa shape index (κ1) is 17.2. The molecular weight excluding hydrogens is 364 g/mol. The lowest BCUT2D eigenvalue weighted by Gasteiger charge is -2.09. The highest BCUT2D eigenvalue weighted by atomic mass is 32.2. The first-order chi connectivity index (χ1) is 12.2. The van der Waals surface area contributed by atoms with Gasteiger partial charge in [-0.3, -0.25) is 4.79 Å². The third-order valence-corrected chi connectivity index (χ3v) is 4.56. The minimum absolute atomic E-state index is 0.129. The van der Waals surface area contributed by atoms with E-state index in [9.17, 15) is 4.79 Å². The smallest absolute Gasteiger partial charge is 0.277 e. The number of carbonyl (C=O) groups is 1. The molecule has 0 aliphatic heterocycles. The van der Waals surface area contributed by atoms with E-state index in [1.807, 2.05) is 0 Å². The first-order valence-electron chi connectivity index (χ1n) is 7.08. The van der Waals surface area contributed by atoms with Gasteiger partial charge >= 0.3 is 0 Å². The van der Waals surface area contributed by atoms with Crippen LogP contribution in [-0.4, -0.2) is 41.1 Å². The van der Waals surface area contributed by atoms with Crippen molar-refractivity contribution in [2.45, 2.75) is 5.22 Å². The third kappa shape index (κ3) is 4.09. The van der Waals surface area contributed by atoms with Gasteiger partial charge in [-0.1, -0.05) is 17.8 Å². The fraction of sp³-hybridized carbons (Fsp3) is 0.200. The third-order valence-electron chi connectivity index (χ3n) is 3.05. The lowest BCUT2D eigenvalue weighted by Crippen LogP contribution is -2.13. The van der Waals surface area contributed by atoms with Crippen LogP contribution in [0, 0.1) is 0 Å². The van der Waals surface area contributed by atoms with Crippen LogP contribution in [-0.2, 0) is 4.79 Å². The van der Waals surface area contributed by atoms with Crippen LogP contribution in [0.2, 0.25) is 0 Å².